The normalized spacial score (nSPS) is 14.8. The number of nitrogens with zero attached hydrogens (tertiary/aromatic N) is 4. The summed E-state index contributed by atoms with van der Waals surface area (Å²) in [6.45, 7) is 2.69. The van der Waals surface area contributed by atoms with Gasteiger partial charge in [0.2, 0.25) is 0 Å². The molecule has 3 rings (SSSR count). The third-order valence-corrected chi connectivity index (χ3v) is 5.47. The van der Waals surface area contributed by atoms with Gasteiger partial charge in [-0.3, -0.25) is 0 Å². The third-order valence-electron chi connectivity index (χ3n) is 3.79. The monoisotopic (exact) mass is 396 g/mol. The van der Waals surface area contributed by atoms with Crippen LogP contribution >= 0.6 is 27.7 Å². The molecule has 2 aromatic rings. The number of anilines is 2. The molecule has 1 aromatic carbocycles. The lowest BCUT2D eigenvalue weighted by atomic mass is 10.2. The van der Waals surface area contributed by atoms with Crippen molar-refractivity contribution in [2.75, 3.05) is 41.4 Å². The van der Waals surface area contributed by atoms with Gasteiger partial charge in [0.05, 0.1) is 0 Å². The van der Waals surface area contributed by atoms with Crippen molar-refractivity contribution in [3.8, 4) is 0 Å². The minimum atomic E-state index is -0.240. The molecule has 1 aliphatic heterocycles. The molecule has 4 nitrogen and oxygen atoms in total. The summed E-state index contributed by atoms with van der Waals surface area (Å²) < 4.78 is 14.0. The lowest BCUT2D eigenvalue weighted by Gasteiger charge is -2.28. The van der Waals surface area contributed by atoms with Crippen molar-refractivity contribution in [2.24, 2.45) is 0 Å². The average molecular weight is 397 g/mol. The van der Waals surface area contributed by atoms with Crippen molar-refractivity contribution in [3.05, 3.63) is 46.4 Å². The Morgan fingerprint density at radius 1 is 1.26 bits per heavy atom. The van der Waals surface area contributed by atoms with Crippen molar-refractivity contribution in [2.45, 2.75) is 6.54 Å². The van der Waals surface area contributed by atoms with Gasteiger partial charge in [-0.2, -0.15) is 11.8 Å². The van der Waals surface area contributed by atoms with E-state index in [-0.39, 0.29) is 5.82 Å². The molecule has 1 fully saturated rings. The van der Waals surface area contributed by atoms with Crippen LogP contribution in [0.25, 0.3) is 0 Å². The first-order valence-corrected chi connectivity index (χ1v) is 9.38. The van der Waals surface area contributed by atoms with Gasteiger partial charge >= 0.3 is 0 Å². The molecule has 2 heterocycles. The second kappa shape index (κ2) is 7.49. The van der Waals surface area contributed by atoms with Crippen molar-refractivity contribution < 1.29 is 4.39 Å². The van der Waals surface area contributed by atoms with Crippen molar-refractivity contribution >= 4 is 39.3 Å². The van der Waals surface area contributed by atoms with Gasteiger partial charge in [0.1, 0.15) is 23.8 Å². The number of rotatable bonds is 4. The van der Waals surface area contributed by atoms with E-state index in [2.05, 4.69) is 30.8 Å². The highest BCUT2D eigenvalue weighted by molar-refractivity contribution is 9.10. The summed E-state index contributed by atoms with van der Waals surface area (Å²) in [5.41, 5.74) is 1.02. The van der Waals surface area contributed by atoms with Gasteiger partial charge in [0.15, 0.2) is 0 Å². The van der Waals surface area contributed by atoms with E-state index < -0.39 is 0 Å². The summed E-state index contributed by atoms with van der Waals surface area (Å²) in [4.78, 5) is 13.1. The highest BCUT2D eigenvalue weighted by atomic mass is 79.9. The molecule has 122 valence electrons. The van der Waals surface area contributed by atoms with Gasteiger partial charge in [-0.15, -0.1) is 0 Å². The Bertz CT molecular complexity index is 679. The van der Waals surface area contributed by atoms with Crippen LogP contribution in [-0.2, 0) is 6.54 Å². The number of aromatic nitrogens is 2. The van der Waals surface area contributed by atoms with Gasteiger partial charge in [0.25, 0.3) is 0 Å². The third kappa shape index (κ3) is 4.14. The standard InChI is InChI=1S/C16H18BrFN4S/c1-21(10-12-2-3-13(18)8-14(12)17)15-9-16(20-11-19-15)22-4-6-23-7-5-22/h2-3,8-9,11H,4-7,10H2,1H3. The number of hydrogen-bond acceptors (Lipinski definition) is 5. The lowest BCUT2D eigenvalue weighted by Crippen LogP contribution is -2.33. The topological polar surface area (TPSA) is 32.3 Å². The molecule has 0 radical (unpaired) electrons. The maximum Gasteiger partial charge on any atom is 0.134 e. The van der Waals surface area contributed by atoms with Crippen molar-refractivity contribution in [3.63, 3.8) is 0 Å². The number of hydrogen-bond donors (Lipinski definition) is 0. The molecule has 7 heteroatoms. The minimum absolute atomic E-state index is 0.240. The van der Waals surface area contributed by atoms with Crippen LogP contribution in [0.15, 0.2) is 35.1 Å². The van der Waals surface area contributed by atoms with E-state index in [0.717, 1.165) is 46.3 Å². The van der Waals surface area contributed by atoms with Crippen LogP contribution in [0.4, 0.5) is 16.0 Å². The van der Waals surface area contributed by atoms with E-state index >= 15 is 0 Å². The molecule has 1 aliphatic rings. The summed E-state index contributed by atoms with van der Waals surface area (Å²) in [7, 11) is 1.98. The molecule has 0 amide bonds. The van der Waals surface area contributed by atoms with Gasteiger partial charge in [-0.1, -0.05) is 22.0 Å². The first kappa shape index (κ1) is 16.5. The molecular formula is C16H18BrFN4S. The second-order valence-corrected chi connectivity index (χ2v) is 7.50. The first-order chi connectivity index (χ1) is 11.1. The molecule has 0 atom stereocenters. The van der Waals surface area contributed by atoms with Gasteiger partial charge in [0, 0.05) is 48.7 Å². The molecule has 23 heavy (non-hydrogen) atoms. The fraction of sp³-hybridized carbons (Fsp3) is 0.375. The van der Waals surface area contributed by atoms with Gasteiger partial charge in [-0.25, -0.2) is 14.4 Å². The maximum atomic E-state index is 13.2. The molecule has 0 bridgehead atoms. The van der Waals surface area contributed by atoms with Crippen LogP contribution in [0.3, 0.4) is 0 Å². The van der Waals surface area contributed by atoms with Crippen LogP contribution in [0.1, 0.15) is 5.56 Å². The summed E-state index contributed by atoms with van der Waals surface area (Å²) in [5.74, 6) is 3.87. The van der Waals surface area contributed by atoms with E-state index in [1.807, 2.05) is 29.8 Å². The Morgan fingerprint density at radius 2 is 2.04 bits per heavy atom. The smallest absolute Gasteiger partial charge is 0.134 e. The molecule has 0 saturated carbocycles. The van der Waals surface area contributed by atoms with Crippen molar-refractivity contribution in [1.29, 1.82) is 0 Å². The lowest BCUT2D eigenvalue weighted by molar-refractivity contribution is 0.625. The molecule has 1 saturated heterocycles. The summed E-state index contributed by atoms with van der Waals surface area (Å²) in [6, 6.07) is 6.78. The Kier molecular flexibility index (Phi) is 5.38. The number of thioether (sulfide) groups is 1. The fourth-order valence-electron chi connectivity index (χ4n) is 2.50. The van der Waals surface area contributed by atoms with E-state index in [0.29, 0.717) is 6.54 Å². The highest BCUT2D eigenvalue weighted by Gasteiger charge is 2.14. The van der Waals surface area contributed by atoms with E-state index in [9.17, 15) is 4.39 Å². The second-order valence-electron chi connectivity index (χ2n) is 5.43. The fourth-order valence-corrected chi connectivity index (χ4v) is 3.88. The highest BCUT2D eigenvalue weighted by Crippen LogP contribution is 2.24. The number of halogens is 2. The van der Waals surface area contributed by atoms with Crippen LogP contribution in [0.5, 0.6) is 0 Å². The maximum absolute atomic E-state index is 13.2. The summed E-state index contributed by atoms with van der Waals surface area (Å²) in [6.07, 6.45) is 1.61. The zero-order chi connectivity index (χ0) is 16.2. The van der Waals surface area contributed by atoms with Gasteiger partial charge < -0.3 is 9.80 Å². The van der Waals surface area contributed by atoms with E-state index in [4.69, 9.17) is 0 Å². The molecule has 0 unspecified atom stereocenters. The zero-order valence-electron chi connectivity index (χ0n) is 12.9. The van der Waals surface area contributed by atoms with E-state index in [1.54, 1.807) is 12.4 Å². The predicted molar refractivity (Wildman–Crippen MR) is 97.8 cm³/mol. The van der Waals surface area contributed by atoms with Crippen LogP contribution in [0.2, 0.25) is 0 Å². The molecule has 0 N–H and O–H groups in total. The Hall–Kier alpha value is -1.34. The SMILES string of the molecule is CN(Cc1ccc(F)cc1Br)c1cc(N2CCSCC2)ncn1. The molecule has 1 aromatic heterocycles. The van der Waals surface area contributed by atoms with E-state index in [1.165, 1.54) is 12.1 Å². The average Bonchev–Trinajstić information content (AvgIpc) is 2.58. The summed E-state index contributed by atoms with van der Waals surface area (Å²) in [5, 5.41) is 0. The van der Waals surface area contributed by atoms with Gasteiger partial charge in [-0.05, 0) is 17.7 Å². The Morgan fingerprint density at radius 3 is 2.78 bits per heavy atom. The zero-order valence-corrected chi connectivity index (χ0v) is 15.3. The molecular weight excluding hydrogens is 379 g/mol. The van der Waals surface area contributed by atoms with Crippen LogP contribution in [-0.4, -0.2) is 41.6 Å². The predicted octanol–water partition coefficient (Wildman–Crippen LogP) is 3.57. The van der Waals surface area contributed by atoms with Crippen LogP contribution < -0.4 is 9.80 Å². The summed E-state index contributed by atoms with van der Waals surface area (Å²) >= 11 is 5.39. The van der Waals surface area contributed by atoms with Crippen LogP contribution in [0, 0.1) is 5.82 Å². The Labute approximate surface area is 148 Å². The largest absolute Gasteiger partial charge is 0.355 e. The quantitative estimate of drug-likeness (QED) is 0.788. The Balaban J connectivity index is 1.75. The number of benzene rings is 1. The molecule has 0 aliphatic carbocycles. The molecule has 0 spiro atoms. The minimum Gasteiger partial charge on any atom is -0.355 e. The van der Waals surface area contributed by atoms with Crippen molar-refractivity contribution in [1.82, 2.24) is 9.97 Å². The first-order valence-electron chi connectivity index (χ1n) is 7.43.